The maximum Gasteiger partial charge on any atom is 0.304 e. The van der Waals surface area contributed by atoms with Crippen LogP contribution in [0.2, 0.25) is 0 Å². The number of rotatable bonds is 6. The van der Waals surface area contributed by atoms with Crippen molar-refractivity contribution >= 4 is 27.8 Å². The Bertz CT molecular complexity index is 454. The molecular formula is C12H18N2O3S. The average Bonchev–Trinajstić information content (AvgIpc) is 2.70. The van der Waals surface area contributed by atoms with Crippen LogP contribution in [-0.4, -0.2) is 24.3 Å². The van der Waals surface area contributed by atoms with Crippen molar-refractivity contribution in [3.63, 3.8) is 0 Å². The molecule has 0 saturated carbocycles. The minimum absolute atomic E-state index is 0.0245. The highest BCUT2D eigenvalue weighted by molar-refractivity contribution is 7.18. The lowest BCUT2D eigenvalue weighted by molar-refractivity contribution is -0.383. The standard InChI is InChI=1S/C12H18N2O3S/c1-8(2)5-6-13(4)12-10(14(16)17)7-11(18-12)9(3)15/h7-8H,5-6H2,1-4H3. The Morgan fingerprint density at radius 2 is 2.17 bits per heavy atom. The van der Waals surface area contributed by atoms with Gasteiger partial charge >= 0.3 is 5.69 Å². The zero-order chi connectivity index (χ0) is 13.9. The quantitative estimate of drug-likeness (QED) is 0.452. The summed E-state index contributed by atoms with van der Waals surface area (Å²) >= 11 is 1.19. The van der Waals surface area contributed by atoms with Gasteiger partial charge in [-0.25, -0.2) is 0 Å². The highest BCUT2D eigenvalue weighted by Gasteiger charge is 2.23. The van der Waals surface area contributed by atoms with Crippen LogP contribution in [0.15, 0.2) is 6.07 Å². The second kappa shape index (κ2) is 5.95. The second-order valence-electron chi connectivity index (χ2n) is 4.72. The first-order chi connectivity index (χ1) is 8.32. The Balaban J connectivity index is 2.98. The van der Waals surface area contributed by atoms with Crippen LogP contribution in [0.25, 0.3) is 0 Å². The molecule has 0 aliphatic heterocycles. The fraction of sp³-hybridized carbons (Fsp3) is 0.583. The lowest BCUT2D eigenvalue weighted by Gasteiger charge is -2.17. The second-order valence-corrected chi connectivity index (χ2v) is 5.75. The molecule has 0 fully saturated rings. The van der Waals surface area contributed by atoms with E-state index in [1.807, 2.05) is 11.9 Å². The van der Waals surface area contributed by atoms with Crippen LogP contribution >= 0.6 is 11.3 Å². The molecule has 1 heterocycles. The van der Waals surface area contributed by atoms with Crippen LogP contribution in [0.5, 0.6) is 0 Å². The van der Waals surface area contributed by atoms with Crippen molar-refractivity contribution in [3.05, 3.63) is 21.1 Å². The SMILES string of the molecule is CC(=O)c1cc([N+](=O)[O-])c(N(C)CCC(C)C)s1. The summed E-state index contributed by atoms with van der Waals surface area (Å²) in [5, 5.41) is 11.5. The summed E-state index contributed by atoms with van der Waals surface area (Å²) in [5.41, 5.74) is 0.0245. The monoisotopic (exact) mass is 270 g/mol. The van der Waals surface area contributed by atoms with Crippen molar-refractivity contribution in [2.24, 2.45) is 5.92 Å². The number of Topliss-reactive ketones (excluding diaryl/α,β-unsaturated/α-hetero) is 1. The third-order valence-electron chi connectivity index (χ3n) is 2.63. The smallest absolute Gasteiger partial charge is 0.304 e. The van der Waals surface area contributed by atoms with Crippen LogP contribution < -0.4 is 4.90 Å². The lowest BCUT2D eigenvalue weighted by Crippen LogP contribution is -2.19. The maximum atomic E-state index is 11.3. The number of thiophene rings is 1. The van der Waals surface area contributed by atoms with E-state index in [1.165, 1.54) is 24.3 Å². The molecule has 0 bridgehead atoms. The van der Waals surface area contributed by atoms with Crippen molar-refractivity contribution in [2.75, 3.05) is 18.5 Å². The van der Waals surface area contributed by atoms with Crippen LogP contribution in [0.3, 0.4) is 0 Å². The number of nitrogens with zero attached hydrogens (tertiary/aromatic N) is 2. The molecule has 0 spiro atoms. The third kappa shape index (κ3) is 3.53. The summed E-state index contributed by atoms with van der Waals surface area (Å²) in [5.74, 6) is 0.408. The zero-order valence-corrected chi connectivity index (χ0v) is 11.9. The van der Waals surface area contributed by atoms with Crippen molar-refractivity contribution in [2.45, 2.75) is 27.2 Å². The number of carbonyl (C=O) groups excluding carboxylic acids is 1. The number of anilines is 1. The van der Waals surface area contributed by atoms with Gasteiger partial charge in [-0.05, 0) is 19.3 Å². The molecule has 0 aliphatic carbocycles. The Kier molecular flexibility index (Phi) is 4.84. The summed E-state index contributed by atoms with van der Waals surface area (Å²) in [7, 11) is 1.82. The van der Waals surface area contributed by atoms with E-state index in [2.05, 4.69) is 13.8 Å². The first kappa shape index (κ1) is 14.6. The van der Waals surface area contributed by atoms with Gasteiger partial charge in [0.25, 0.3) is 0 Å². The van der Waals surface area contributed by atoms with Crippen LogP contribution in [-0.2, 0) is 0 Å². The normalized spacial score (nSPS) is 10.7. The molecule has 5 nitrogen and oxygen atoms in total. The summed E-state index contributed by atoms with van der Waals surface area (Å²) < 4.78 is 0. The average molecular weight is 270 g/mol. The van der Waals surface area contributed by atoms with Gasteiger partial charge in [0.2, 0.25) is 0 Å². The van der Waals surface area contributed by atoms with Gasteiger partial charge in [0.05, 0.1) is 9.80 Å². The Morgan fingerprint density at radius 3 is 2.61 bits per heavy atom. The van der Waals surface area contributed by atoms with E-state index in [1.54, 1.807) is 0 Å². The maximum absolute atomic E-state index is 11.3. The molecular weight excluding hydrogens is 252 g/mol. The molecule has 0 unspecified atom stereocenters. The van der Waals surface area contributed by atoms with E-state index in [9.17, 15) is 14.9 Å². The van der Waals surface area contributed by atoms with Gasteiger partial charge in [-0.1, -0.05) is 13.8 Å². The van der Waals surface area contributed by atoms with E-state index >= 15 is 0 Å². The number of nitro groups is 1. The van der Waals surface area contributed by atoms with Crippen molar-refractivity contribution < 1.29 is 9.72 Å². The first-order valence-corrected chi connectivity index (χ1v) is 6.64. The van der Waals surface area contributed by atoms with Crippen molar-refractivity contribution in [1.82, 2.24) is 0 Å². The number of hydrogen-bond donors (Lipinski definition) is 0. The van der Waals surface area contributed by atoms with E-state index in [0.29, 0.717) is 15.8 Å². The van der Waals surface area contributed by atoms with Crippen LogP contribution in [0, 0.1) is 16.0 Å². The molecule has 0 amide bonds. The first-order valence-electron chi connectivity index (χ1n) is 5.83. The Morgan fingerprint density at radius 1 is 1.56 bits per heavy atom. The van der Waals surface area contributed by atoms with Gasteiger partial charge in [0, 0.05) is 19.7 Å². The number of ketones is 1. The summed E-state index contributed by atoms with van der Waals surface area (Å²) in [6, 6.07) is 1.37. The van der Waals surface area contributed by atoms with Crippen molar-refractivity contribution in [1.29, 1.82) is 0 Å². The Labute approximate surface area is 111 Å². The molecule has 0 radical (unpaired) electrons. The molecule has 0 atom stereocenters. The molecule has 18 heavy (non-hydrogen) atoms. The van der Waals surface area contributed by atoms with Crippen LogP contribution in [0.1, 0.15) is 36.9 Å². The molecule has 1 aromatic heterocycles. The minimum Gasteiger partial charge on any atom is -0.361 e. The molecule has 6 heteroatoms. The largest absolute Gasteiger partial charge is 0.361 e. The van der Waals surface area contributed by atoms with Gasteiger partial charge in [-0.2, -0.15) is 0 Å². The molecule has 1 aromatic rings. The van der Waals surface area contributed by atoms with Gasteiger partial charge in [-0.3, -0.25) is 14.9 Å². The zero-order valence-electron chi connectivity index (χ0n) is 11.1. The van der Waals surface area contributed by atoms with Crippen LogP contribution in [0.4, 0.5) is 10.7 Å². The third-order valence-corrected chi connectivity index (χ3v) is 3.97. The Hall–Kier alpha value is -1.43. The fourth-order valence-corrected chi connectivity index (χ4v) is 2.51. The van der Waals surface area contributed by atoms with E-state index in [0.717, 1.165) is 13.0 Å². The summed E-state index contributed by atoms with van der Waals surface area (Å²) in [4.78, 5) is 24.1. The van der Waals surface area contributed by atoms with Gasteiger partial charge in [0.1, 0.15) is 0 Å². The van der Waals surface area contributed by atoms with E-state index in [-0.39, 0.29) is 11.5 Å². The predicted octanol–water partition coefficient (Wildman–Crippen LogP) is 3.34. The van der Waals surface area contributed by atoms with Crippen molar-refractivity contribution in [3.8, 4) is 0 Å². The number of carbonyl (C=O) groups is 1. The topological polar surface area (TPSA) is 63.4 Å². The molecule has 0 aromatic carbocycles. The van der Waals surface area contributed by atoms with E-state index in [4.69, 9.17) is 0 Å². The molecule has 0 aliphatic rings. The lowest BCUT2D eigenvalue weighted by atomic mass is 10.1. The molecule has 100 valence electrons. The molecule has 0 N–H and O–H groups in total. The predicted molar refractivity (Wildman–Crippen MR) is 73.7 cm³/mol. The summed E-state index contributed by atoms with van der Waals surface area (Å²) in [6.45, 7) is 6.39. The molecule has 0 saturated heterocycles. The van der Waals surface area contributed by atoms with Gasteiger partial charge in [-0.15, -0.1) is 11.3 Å². The highest BCUT2D eigenvalue weighted by Crippen LogP contribution is 2.37. The van der Waals surface area contributed by atoms with E-state index < -0.39 is 4.92 Å². The number of hydrogen-bond acceptors (Lipinski definition) is 5. The van der Waals surface area contributed by atoms with Gasteiger partial charge in [0.15, 0.2) is 10.8 Å². The minimum atomic E-state index is -0.426. The highest BCUT2D eigenvalue weighted by atomic mass is 32.1. The fourth-order valence-electron chi connectivity index (χ4n) is 1.50. The summed E-state index contributed by atoms with van der Waals surface area (Å²) in [6.07, 6.45) is 0.959. The van der Waals surface area contributed by atoms with Gasteiger partial charge < -0.3 is 4.90 Å². The molecule has 1 rings (SSSR count).